The van der Waals surface area contributed by atoms with Crippen LogP contribution in [-0.4, -0.2) is 56.4 Å². The number of anilines is 3. The summed E-state index contributed by atoms with van der Waals surface area (Å²) in [6.07, 6.45) is 15.5. The molecule has 8 heteroatoms. The molecule has 0 spiro atoms. The van der Waals surface area contributed by atoms with E-state index in [1.54, 1.807) is 0 Å². The summed E-state index contributed by atoms with van der Waals surface area (Å²) in [5.74, 6) is 3.19. The van der Waals surface area contributed by atoms with E-state index in [2.05, 4.69) is 25.1 Å². The number of nitrogens with zero attached hydrogens (tertiary/aromatic N) is 5. The molecule has 2 aliphatic heterocycles. The van der Waals surface area contributed by atoms with Crippen LogP contribution < -0.4 is 10.2 Å². The number of rotatable bonds is 5. The van der Waals surface area contributed by atoms with E-state index < -0.39 is 0 Å². The number of nitrogens with one attached hydrogen (secondary N) is 2. The van der Waals surface area contributed by atoms with Gasteiger partial charge in [0.2, 0.25) is 17.8 Å². The van der Waals surface area contributed by atoms with Crippen LogP contribution in [0.4, 0.5) is 17.7 Å². The molecule has 0 unspecified atom stereocenters. The lowest BCUT2D eigenvalue weighted by molar-refractivity contribution is -0.133. The molecule has 2 aliphatic carbocycles. The van der Waals surface area contributed by atoms with Crippen LogP contribution in [0.25, 0.3) is 0 Å². The number of hydrogen-bond donors (Lipinski definition) is 2. The largest absolute Gasteiger partial charge is 0.341 e. The molecule has 3 fully saturated rings. The van der Waals surface area contributed by atoms with Crippen molar-refractivity contribution >= 4 is 23.6 Å². The standard InChI is InChI=1S/C25H35N7O/c33-23(31-13-4-1-5-14-31)21-12-7-15-32(21)25-28-19-11-6-10-18(19)22(30-25)29-24-26-16-20(27-24)17-8-2-3-9-17/h16-17,21H,1-15H2,(H2,26,27,28,29,30)/t21-/m0/s1. The van der Waals surface area contributed by atoms with Gasteiger partial charge < -0.3 is 20.1 Å². The lowest BCUT2D eigenvalue weighted by Gasteiger charge is -2.32. The average Bonchev–Trinajstić information content (AvgIpc) is 3.65. The molecule has 2 aromatic rings. The van der Waals surface area contributed by atoms with E-state index in [0.29, 0.717) is 11.9 Å². The van der Waals surface area contributed by atoms with Gasteiger partial charge in [-0.1, -0.05) is 12.8 Å². The van der Waals surface area contributed by atoms with Crippen molar-refractivity contribution in [2.24, 2.45) is 0 Å². The second kappa shape index (κ2) is 8.95. The number of carbonyl (C=O) groups is 1. The zero-order valence-corrected chi connectivity index (χ0v) is 19.5. The van der Waals surface area contributed by atoms with Crippen LogP contribution in [-0.2, 0) is 17.6 Å². The highest BCUT2D eigenvalue weighted by atomic mass is 16.2. The van der Waals surface area contributed by atoms with Crippen LogP contribution in [0.1, 0.15) is 87.1 Å². The third-order valence-corrected chi connectivity index (χ3v) is 8.01. The zero-order valence-electron chi connectivity index (χ0n) is 19.5. The van der Waals surface area contributed by atoms with E-state index in [0.717, 1.165) is 82.0 Å². The highest BCUT2D eigenvalue weighted by molar-refractivity contribution is 5.85. The van der Waals surface area contributed by atoms with Gasteiger partial charge in [-0.05, 0) is 64.2 Å². The number of likely N-dealkylation sites (tertiary alicyclic amines) is 1. The molecule has 1 atom stereocenters. The summed E-state index contributed by atoms with van der Waals surface area (Å²) < 4.78 is 0. The minimum absolute atomic E-state index is 0.131. The van der Waals surface area contributed by atoms with Crippen LogP contribution in [0.3, 0.4) is 0 Å². The second-order valence-corrected chi connectivity index (χ2v) is 10.2. The highest BCUT2D eigenvalue weighted by Crippen LogP contribution is 2.35. The second-order valence-electron chi connectivity index (χ2n) is 10.2. The maximum atomic E-state index is 13.3. The van der Waals surface area contributed by atoms with E-state index in [1.807, 2.05) is 6.20 Å². The fourth-order valence-electron chi connectivity index (χ4n) is 6.19. The molecule has 0 bridgehead atoms. The number of aromatic nitrogens is 4. The van der Waals surface area contributed by atoms with Gasteiger partial charge in [0, 0.05) is 36.8 Å². The molecule has 33 heavy (non-hydrogen) atoms. The molecule has 8 nitrogen and oxygen atoms in total. The zero-order chi connectivity index (χ0) is 22.2. The van der Waals surface area contributed by atoms with Gasteiger partial charge >= 0.3 is 0 Å². The number of carbonyl (C=O) groups excluding carboxylic acids is 1. The Balaban J connectivity index is 1.25. The quantitative estimate of drug-likeness (QED) is 0.715. The Hall–Kier alpha value is -2.64. The summed E-state index contributed by atoms with van der Waals surface area (Å²) in [6, 6.07) is -0.131. The van der Waals surface area contributed by atoms with Gasteiger partial charge in [0.05, 0.1) is 11.9 Å². The number of piperidine rings is 1. The molecule has 4 aliphatic rings. The van der Waals surface area contributed by atoms with Crippen LogP contribution in [0, 0.1) is 0 Å². The van der Waals surface area contributed by atoms with E-state index in [-0.39, 0.29) is 11.9 Å². The van der Waals surface area contributed by atoms with Crippen molar-refractivity contribution in [1.29, 1.82) is 0 Å². The van der Waals surface area contributed by atoms with Gasteiger partial charge in [0.1, 0.15) is 11.9 Å². The van der Waals surface area contributed by atoms with E-state index >= 15 is 0 Å². The Labute approximate surface area is 195 Å². The van der Waals surface area contributed by atoms with Gasteiger partial charge in [-0.2, -0.15) is 4.98 Å². The lowest BCUT2D eigenvalue weighted by atomic mass is 10.1. The van der Waals surface area contributed by atoms with Crippen molar-refractivity contribution in [2.45, 2.75) is 89.0 Å². The molecule has 2 saturated heterocycles. The molecule has 0 radical (unpaired) electrons. The fraction of sp³-hybridized carbons (Fsp3) is 0.680. The normalized spacial score (nSPS) is 23.3. The third kappa shape index (κ3) is 4.08. The Bertz CT molecular complexity index is 1010. The molecule has 6 rings (SSSR count). The average molecular weight is 450 g/mol. The first-order valence-corrected chi connectivity index (χ1v) is 13.0. The minimum atomic E-state index is -0.131. The van der Waals surface area contributed by atoms with E-state index in [9.17, 15) is 4.79 Å². The Kier molecular flexibility index (Phi) is 5.68. The van der Waals surface area contributed by atoms with Crippen LogP contribution in [0.5, 0.6) is 0 Å². The predicted molar refractivity (Wildman–Crippen MR) is 128 cm³/mol. The van der Waals surface area contributed by atoms with Crippen molar-refractivity contribution < 1.29 is 4.79 Å². The van der Waals surface area contributed by atoms with Crippen molar-refractivity contribution in [3.05, 3.63) is 23.1 Å². The summed E-state index contributed by atoms with van der Waals surface area (Å²) in [7, 11) is 0. The number of imidazole rings is 1. The Morgan fingerprint density at radius 2 is 1.79 bits per heavy atom. The van der Waals surface area contributed by atoms with Gasteiger partial charge in [-0.15, -0.1) is 0 Å². The molecule has 0 aromatic carbocycles. The van der Waals surface area contributed by atoms with Gasteiger partial charge in [0.15, 0.2) is 0 Å². The Morgan fingerprint density at radius 3 is 2.64 bits per heavy atom. The number of fused-ring (bicyclic) bond motifs is 1. The summed E-state index contributed by atoms with van der Waals surface area (Å²) in [4.78, 5) is 35.6. The van der Waals surface area contributed by atoms with Gasteiger partial charge in [0.25, 0.3) is 0 Å². The summed E-state index contributed by atoms with van der Waals surface area (Å²) >= 11 is 0. The van der Waals surface area contributed by atoms with E-state index in [4.69, 9.17) is 9.97 Å². The lowest BCUT2D eigenvalue weighted by Crippen LogP contribution is -2.48. The van der Waals surface area contributed by atoms with Crippen molar-refractivity contribution in [1.82, 2.24) is 24.8 Å². The molecule has 1 saturated carbocycles. The first-order chi connectivity index (χ1) is 16.3. The predicted octanol–water partition coefficient (Wildman–Crippen LogP) is 4.07. The molecule has 176 valence electrons. The topological polar surface area (TPSA) is 90.0 Å². The van der Waals surface area contributed by atoms with Crippen molar-refractivity contribution in [3.63, 3.8) is 0 Å². The Morgan fingerprint density at radius 1 is 0.939 bits per heavy atom. The maximum Gasteiger partial charge on any atom is 0.245 e. The minimum Gasteiger partial charge on any atom is -0.341 e. The molecule has 2 aromatic heterocycles. The SMILES string of the molecule is O=C([C@@H]1CCCN1c1nc2c(c(Nc3ncc(C4CCCC4)[nH]3)n1)CCC2)N1CCCCC1. The smallest absolute Gasteiger partial charge is 0.245 e. The molecular weight excluding hydrogens is 414 g/mol. The molecule has 1 amide bonds. The first kappa shape index (κ1) is 20.9. The monoisotopic (exact) mass is 449 g/mol. The van der Waals surface area contributed by atoms with Crippen molar-refractivity contribution in [3.8, 4) is 0 Å². The summed E-state index contributed by atoms with van der Waals surface area (Å²) in [6.45, 7) is 2.63. The van der Waals surface area contributed by atoms with Crippen molar-refractivity contribution in [2.75, 3.05) is 29.9 Å². The third-order valence-electron chi connectivity index (χ3n) is 8.01. The fourth-order valence-corrected chi connectivity index (χ4v) is 6.19. The molecular formula is C25H35N7O. The van der Waals surface area contributed by atoms with E-state index in [1.165, 1.54) is 43.4 Å². The van der Waals surface area contributed by atoms with Gasteiger partial charge in [-0.3, -0.25) is 4.79 Å². The van der Waals surface area contributed by atoms with Gasteiger partial charge in [-0.25, -0.2) is 9.97 Å². The highest BCUT2D eigenvalue weighted by Gasteiger charge is 2.36. The first-order valence-electron chi connectivity index (χ1n) is 13.0. The maximum absolute atomic E-state index is 13.3. The number of amides is 1. The van der Waals surface area contributed by atoms with Crippen LogP contribution in [0.2, 0.25) is 0 Å². The summed E-state index contributed by atoms with van der Waals surface area (Å²) in [5.41, 5.74) is 3.56. The summed E-state index contributed by atoms with van der Waals surface area (Å²) in [5, 5.41) is 3.48. The molecule has 2 N–H and O–H groups in total. The number of hydrogen-bond acceptors (Lipinski definition) is 6. The number of aromatic amines is 1. The number of H-pyrrole nitrogens is 1. The number of aryl methyl sites for hydroxylation is 1. The molecule has 4 heterocycles. The van der Waals surface area contributed by atoms with Crippen LogP contribution >= 0.6 is 0 Å². The van der Waals surface area contributed by atoms with Crippen LogP contribution in [0.15, 0.2) is 6.20 Å².